The second-order valence-corrected chi connectivity index (χ2v) is 5.75. The molecule has 0 saturated carbocycles. The Balaban J connectivity index is 2.02. The Bertz CT molecular complexity index is 888. The molecular formula is C20H23N3O7. The Morgan fingerprint density at radius 2 is 1.33 bits per heavy atom. The minimum Gasteiger partial charge on any atom is -0.493 e. The summed E-state index contributed by atoms with van der Waals surface area (Å²) in [6, 6.07) is 8.96. The van der Waals surface area contributed by atoms with E-state index < -0.39 is 17.9 Å². The normalized spacial score (nSPS) is 9.87. The van der Waals surface area contributed by atoms with Crippen LogP contribution in [0, 0.1) is 0 Å². The molecule has 0 heterocycles. The SMILES string of the molecule is CCOC(=O)Nc1ccc(C(=O)NNC(=O)c2cc(OC)c(OC)c(OC)c2)cc1. The third-order valence-corrected chi connectivity index (χ3v) is 3.89. The average molecular weight is 417 g/mol. The fourth-order valence-corrected chi connectivity index (χ4v) is 2.46. The van der Waals surface area contributed by atoms with Crippen LogP contribution in [-0.4, -0.2) is 45.8 Å². The number of carbonyl (C=O) groups excluding carboxylic acids is 3. The summed E-state index contributed by atoms with van der Waals surface area (Å²) < 4.78 is 20.4. The summed E-state index contributed by atoms with van der Waals surface area (Å²) in [6.45, 7) is 1.94. The van der Waals surface area contributed by atoms with E-state index in [1.54, 1.807) is 6.92 Å². The first-order valence-corrected chi connectivity index (χ1v) is 8.88. The number of ether oxygens (including phenoxy) is 4. The molecule has 3 N–H and O–H groups in total. The number of nitrogens with one attached hydrogen (secondary N) is 3. The molecular weight excluding hydrogens is 394 g/mol. The van der Waals surface area contributed by atoms with Crippen LogP contribution >= 0.6 is 0 Å². The highest BCUT2D eigenvalue weighted by Gasteiger charge is 2.17. The lowest BCUT2D eigenvalue weighted by Gasteiger charge is -2.14. The van der Waals surface area contributed by atoms with E-state index in [1.165, 1.54) is 57.7 Å². The summed E-state index contributed by atoms with van der Waals surface area (Å²) in [5.74, 6) is -0.171. The maximum atomic E-state index is 12.4. The highest BCUT2D eigenvalue weighted by Crippen LogP contribution is 2.38. The lowest BCUT2D eigenvalue weighted by atomic mass is 10.1. The Hall–Kier alpha value is -3.95. The molecule has 2 aromatic rings. The van der Waals surface area contributed by atoms with Crippen LogP contribution in [0.4, 0.5) is 10.5 Å². The van der Waals surface area contributed by atoms with Gasteiger partial charge >= 0.3 is 6.09 Å². The molecule has 3 amide bonds. The molecule has 0 aliphatic carbocycles. The maximum Gasteiger partial charge on any atom is 0.411 e. The van der Waals surface area contributed by atoms with Crippen molar-refractivity contribution in [3.8, 4) is 17.2 Å². The van der Waals surface area contributed by atoms with Crippen molar-refractivity contribution in [3.05, 3.63) is 47.5 Å². The molecule has 0 radical (unpaired) electrons. The van der Waals surface area contributed by atoms with Gasteiger partial charge in [0.2, 0.25) is 5.75 Å². The monoisotopic (exact) mass is 417 g/mol. The molecule has 0 fully saturated rings. The summed E-state index contributed by atoms with van der Waals surface area (Å²) in [7, 11) is 4.32. The highest BCUT2D eigenvalue weighted by atomic mass is 16.5. The second-order valence-electron chi connectivity index (χ2n) is 5.75. The number of hydrazine groups is 1. The Morgan fingerprint density at radius 1 is 0.800 bits per heavy atom. The zero-order chi connectivity index (χ0) is 22.1. The van der Waals surface area contributed by atoms with Crippen LogP contribution in [0.5, 0.6) is 17.2 Å². The Kier molecular flexibility index (Phi) is 7.86. The van der Waals surface area contributed by atoms with Crippen LogP contribution in [0.1, 0.15) is 27.6 Å². The van der Waals surface area contributed by atoms with E-state index in [9.17, 15) is 14.4 Å². The quantitative estimate of drug-likeness (QED) is 0.591. The van der Waals surface area contributed by atoms with Gasteiger partial charge in [0.1, 0.15) is 0 Å². The first-order valence-electron chi connectivity index (χ1n) is 8.88. The summed E-state index contributed by atoms with van der Waals surface area (Å²) in [5.41, 5.74) is 5.57. The van der Waals surface area contributed by atoms with Crippen molar-refractivity contribution < 1.29 is 33.3 Å². The van der Waals surface area contributed by atoms with Gasteiger partial charge in [-0.1, -0.05) is 0 Å². The standard InChI is InChI=1S/C20H23N3O7/c1-5-30-20(26)21-14-8-6-12(7-9-14)18(24)22-23-19(25)13-10-15(27-2)17(29-4)16(11-13)28-3/h6-11H,5H2,1-4H3,(H,21,26)(H,22,24)(H,23,25). The van der Waals surface area contributed by atoms with Gasteiger partial charge in [-0.2, -0.15) is 0 Å². The fraction of sp³-hybridized carbons (Fsp3) is 0.250. The van der Waals surface area contributed by atoms with Gasteiger partial charge in [0.05, 0.1) is 27.9 Å². The molecule has 10 heteroatoms. The fourth-order valence-electron chi connectivity index (χ4n) is 2.46. The number of anilines is 1. The largest absolute Gasteiger partial charge is 0.493 e. The summed E-state index contributed by atoms with van der Waals surface area (Å²) in [4.78, 5) is 36.1. The van der Waals surface area contributed by atoms with Gasteiger partial charge in [-0.25, -0.2) is 4.79 Å². The van der Waals surface area contributed by atoms with Gasteiger partial charge in [-0.3, -0.25) is 25.8 Å². The van der Waals surface area contributed by atoms with Crippen LogP contribution in [0.2, 0.25) is 0 Å². The minimum atomic E-state index is -0.590. The topological polar surface area (TPSA) is 124 Å². The number of rotatable bonds is 7. The molecule has 0 saturated heterocycles. The molecule has 0 aliphatic heterocycles. The first kappa shape index (κ1) is 22.3. The minimum absolute atomic E-state index is 0.193. The molecule has 10 nitrogen and oxygen atoms in total. The number of hydrogen-bond acceptors (Lipinski definition) is 7. The average Bonchev–Trinajstić information content (AvgIpc) is 2.76. The molecule has 0 aromatic heterocycles. The van der Waals surface area contributed by atoms with E-state index in [0.29, 0.717) is 22.9 Å². The van der Waals surface area contributed by atoms with Crippen LogP contribution in [-0.2, 0) is 4.74 Å². The number of amides is 3. The van der Waals surface area contributed by atoms with Gasteiger partial charge in [-0.05, 0) is 43.3 Å². The predicted molar refractivity (Wildman–Crippen MR) is 108 cm³/mol. The van der Waals surface area contributed by atoms with Crippen LogP contribution in [0.3, 0.4) is 0 Å². The summed E-state index contributed by atoms with van der Waals surface area (Å²) in [5, 5.41) is 2.52. The van der Waals surface area contributed by atoms with E-state index in [2.05, 4.69) is 16.2 Å². The molecule has 2 aromatic carbocycles. The number of methoxy groups -OCH3 is 3. The van der Waals surface area contributed by atoms with Crippen molar-refractivity contribution in [2.24, 2.45) is 0 Å². The predicted octanol–water partition coefficient (Wildman–Crippen LogP) is 2.36. The molecule has 0 bridgehead atoms. The van der Waals surface area contributed by atoms with Gasteiger partial charge in [-0.15, -0.1) is 0 Å². The molecule has 0 atom stereocenters. The lowest BCUT2D eigenvalue weighted by Crippen LogP contribution is -2.41. The maximum absolute atomic E-state index is 12.4. The van der Waals surface area contributed by atoms with E-state index in [4.69, 9.17) is 18.9 Å². The van der Waals surface area contributed by atoms with Crippen molar-refractivity contribution >= 4 is 23.6 Å². The third-order valence-electron chi connectivity index (χ3n) is 3.89. The third kappa shape index (κ3) is 5.53. The van der Waals surface area contributed by atoms with Crippen LogP contribution in [0.15, 0.2) is 36.4 Å². The van der Waals surface area contributed by atoms with Gasteiger partial charge in [0.25, 0.3) is 11.8 Å². The summed E-state index contributed by atoms with van der Waals surface area (Å²) in [6.07, 6.45) is -0.590. The van der Waals surface area contributed by atoms with Crippen molar-refractivity contribution in [3.63, 3.8) is 0 Å². The zero-order valence-corrected chi connectivity index (χ0v) is 17.0. The molecule has 0 unspecified atom stereocenters. The number of carbonyl (C=O) groups is 3. The van der Waals surface area contributed by atoms with Crippen LogP contribution < -0.4 is 30.4 Å². The first-order chi connectivity index (χ1) is 14.4. The smallest absolute Gasteiger partial charge is 0.411 e. The van der Waals surface area contributed by atoms with Crippen molar-refractivity contribution in [2.45, 2.75) is 6.92 Å². The van der Waals surface area contributed by atoms with E-state index in [1.807, 2.05) is 0 Å². The number of benzene rings is 2. The highest BCUT2D eigenvalue weighted by molar-refractivity contribution is 6.00. The van der Waals surface area contributed by atoms with Crippen molar-refractivity contribution in [1.82, 2.24) is 10.9 Å². The summed E-state index contributed by atoms with van der Waals surface area (Å²) >= 11 is 0. The van der Waals surface area contributed by atoms with Crippen molar-refractivity contribution in [2.75, 3.05) is 33.3 Å². The van der Waals surface area contributed by atoms with E-state index >= 15 is 0 Å². The van der Waals surface area contributed by atoms with Gasteiger partial charge in [0, 0.05) is 16.8 Å². The van der Waals surface area contributed by atoms with E-state index in [-0.39, 0.29) is 17.7 Å². The van der Waals surface area contributed by atoms with Crippen molar-refractivity contribution in [1.29, 1.82) is 0 Å². The number of hydrogen-bond donors (Lipinski definition) is 3. The molecule has 0 spiro atoms. The van der Waals surface area contributed by atoms with Gasteiger partial charge in [0.15, 0.2) is 11.5 Å². The van der Waals surface area contributed by atoms with Crippen LogP contribution in [0.25, 0.3) is 0 Å². The van der Waals surface area contributed by atoms with E-state index in [0.717, 1.165) is 0 Å². The zero-order valence-electron chi connectivity index (χ0n) is 17.0. The second kappa shape index (κ2) is 10.6. The Labute approximate surface area is 173 Å². The molecule has 30 heavy (non-hydrogen) atoms. The molecule has 0 aliphatic rings. The Morgan fingerprint density at radius 3 is 1.80 bits per heavy atom. The molecule has 2 rings (SSSR count). The lowest BCUT2D eigenvalue weighted by molar-refractivity contribution is 0.0846. The van der Waals surface area contributed by atoms with Gasteiger partial charge < -0.3 is 18.9 Å². The molecule has 160 valence electrons.